The maximum atomic E-state index is 13.3. The Hall–Kier alpha value is -2.94. The highest BCUT2D eigenvalue weighted by Gasteiger charge is 2.28. The van der Waals surface area contributed by atoms with Crippen LogP contribution in [-0.4, -0.2) is 29.5 Å². The highest BCUT2D eigenvalue weighted by Crippen LogP contribution is 2.37. The Bertz CT molecular complexity index is 1260. The molecule has 1 aromatic carbocycles. The van der Waals surface area contributed by atoms with E-state index in [0.717, 1.165) is 48.8 Å². The van der Waals surface area contributed by atoms with Crippen LogP contribution in [0.15, 0.2) is 44.8 Å². The highest BCUT2D eigenvalue weighted by molar-refractivity contribution is 7.99. The lowest BCUT2D eigenvalue weighted by molar-refractivity contribution is 0.372. The van der Waals surface area contributed by atoms with E-state index in [0.29, 0.717) is 23.1 Å². The quantitative estimate of drug-likeness (QED) is 0.324. The van der Waals surface area contributed by atoms with Crippen molar-refractivity contribution in [3.63, 3.8) is 0 Å². The molecule has 32 heavy (non-hydrogen) atoms. The second-order valence-corrected chi connectivity index (χ2v) is 9.77. The molecule has 0 saturated heterocycles. The third kappa shape index (κ3) is 3.74. The number of thioether (sulfide) groups is 1. The lowest BCUT2D eigenvalue weighted by atomic mass is 10.1. The molecule has 0 aliphatic carbocycles. The average Bonchev–Trinajstić information content (AvgIpc) is 3.33. The van der Waals surface area contributed by atoms with E-state index in [-0.39, 0.29) is 16.7 Å². The van der Waals surface area contributed by atoms with Gasteiger partial charge >= 0.3 is 0 Å². The normalized spacial score (nSPS) is 15.1. The molecule has 4 heterocycles. The van der Waals surface area contributed by atoms with Crippen molar-refractivity contribution in [3.8, 4) is 17.1 Å². The van der Waals surface area contributed by atoms with Crippen LogP contribution < -0.4 is 5.56 Å². The molecular weight excluding hydrogens is 424 g/mol. The molecule has 1 aromatic heterocycles. The molecule has 0 unspecified atom stereocenters. The minimum absolute atomic E-state index is 0.0669. The predicted molar refractivity (Wildman–Crippen MR) is 122 cm³/mol. The first kappa shape index (κ1) is 20.9. The first-order valence-corrected chi connectivity index (χ1v) is 12.0. The largest absolute Gasteiger partial charge is 0.338 e. The van der Waals surface area contributed by atoms with Crippen LogP contribution in [0.25, 0.3) is 17.1 Å². The van der Waals surface area contributed by atoms with Crippen LogP contribution in [0.4, 0.5) is 0 Å². The number of para-hydroxylation sites is 1. The van der Waals surface area contributed by atoms with Crippen LogP contribution in [0, 0.1) is 0 Å². The van der Waals surface area contributed by atoms with Gasteiger partial charge in [-0.05, 0) is 38.3 Å². The highest BCUT2D eigenvalue weighted by atomic mass is 32.2. The molecule has 0 spiro atoms. The van der Waals surface area contributed by atoms with Crippen molar-refractivity contribution in [2.75, 3.05) is 0 Å². The summed E-state index contributed by atoms with van der Waals surface area (Å²) in [5, 5.41) is 9.47. The van der Waals surface area contributed by atoms with Crippen molar-refractivity contribution in [3.05, 3.63) is 58.1 Å². The minimum Gasteiger partial charge on any atom is -0.338 e. The Morgan fingerprint density at radius 1 is 1.06 bits per heavy atom. The van der Waals surface area contributed by atoms with Crippen molar-refractivity contribution in [2.45, 2.75) is 69.3 Å². The van der Waals surface area contributed by atoms with Crippen molar-refractivity contribution < 1.29 is 4.52 Å². The molecule has 0 amide bonds. The van der Waals surface area contributed by atoms with Gasteiger partial charge < -0.3 is 9.09 Å². The summed E-state index contributed by atoms with van der Waals surface area (Å²) in [6.07, 6.45) is 4.09. The first-order valence-electron chi connectivity index (χ1n) is 11.1. The van der Waals surface area contributed by atoms with Gasteiger partial charge in [-0.2, -0.15) is 9.67 Å². The van der Waals surface area contributed by atoms with Gasteiger partial charge in [-0.3, -0.25) is 4.79 Å². The first-order chi connectivity index (χ1) is 15.5. The van der Waals surface area contributed by atoms with Crippen LogP contribution in [0.1, 0.15) is 68.6 Å². The summed E-state index contributed by atoms with van der Waals surface area (Å²) in [5.74, 6) is 2.00. The molecule has 9 heteroatoms. The number of benzene rings is 1. The van der Waals surface area contributed by atoms with Gasteiger partial charge in [0.05, 0.1) is 10.9 Å². The molecular formula is C23H26N6O2S. The second-order valence-electron chi connectivity index (χ2n) is 8.46. The molecule has 0 N–H and O–H groups in total. The number of fused-ring (bicyclic) bond motifs is 3. The summed E-state index contributed by atoms with van der Waals surface area (Å²) < 4.78 is 9.18. The van der Waals surface area contributed by atoms with Crippen LogP contribution in [0.5, 0.6) is 0 Å². The van der Waals surface area contributed by atoms with Crippen LogP contribution >= 0.6 is 11.8 Å². The van der Waals surface area contributed by atoms with Crippen molar-refractivity contribution >= 4 is 11.8 Å². The van der Waals surface area contributed by atoms with Gasteiger partial charge in [0.2, 0.25) is 5.89 Å². The fourth-order valence-electron chi connectivity index (χ4n) is 4.04. The Morgan fingerprint density at radius 2 is 1.88 bits per heavy atom. The van der Waals surface area contributed by atoms with Gasteiger partial charge in [-0.15, -0.1) is 5.10 Å². The van der Waals surface area contributed by atoms with Gasteiger partial charge in [0.1, 0.15) is 5.56 Å². The Labute approximate surface area is 190 Å². The maximum absolute atomic E-state index is 13.3. The van der Waals surface area contributed by atoms with Crippen LogP contribution in [-0.2, 0) is 13.0 Å². The van der Waals surface area contributed by atoms with Crippen molar-refractivity contribution in [2.24, 2.45) is 0 Å². The molecule has 0 saturated carbocycles. The molecule has 5 rings (SSSR count). The molecule has 3 aliphatic rings. The van der Waals surface area contributed by atoms with Crippen molar-refractivity contribution in [1.29, 1.82) is 0 Å². The van der Waals surface area contributed by atoms with Gasteiger partial charge in [0.25, 0.3) is 5.56 Å². The zero-order chi connectivity index (χ0) is 22.2. The van der Waals surface area contributed by atoms with Crippen LogP contribution in [0.3, 0.4) is 0 Å². The van der Waals surface area contributed by atoms with E-state index >= 15 is 0 Å². The van der Waals surface area contributed by atoms with E-state index in [9.17, 15) is 4.79 Å². The summed E-state index contributed by atoms with van der Waals surface area (Å²) >= 11 is 1.58. The fourth-order valence-corrected chi connectivity index (χ4v) is 5.02. The fraction of sp³-hybridized carbons (Fsp3) is 0.435. The molecule has 0 fully saturated rings. The number of rotatable bonds is 5. The monoisotopic (exact) mass is 450 g/mol. The predicted octanol–water partition coefficient (Wildman–Crippen LogP) is 4.62. The number of hydrogen-bond donors (Lipinski definition) is 0. The van der Waals surface area contributed by atoms with Gasteiger partial charge in [0.15, 0.2) is 16.8 Å². The zero-order valence-electron chi connectivity index (χ0n) is 18.5. The smallest absolute Gasteiger partial charge is 0.284 e. The summed E-state index contributed by atoms with van der Waals surface area (Å²) in [4.78, 5) is 22.7. The van der Waals surface area contributed by atoms with E-state index in [2.05, 4.69) is 19.8 Å². The van der Waals surface area contributed by atoms with Gasteiger partial charge in [0, 0.05) is 18.2 Å². The third-order valence-electron chi connectivity index (χ3n) is 5.77. The molecule has 0 bridgehead atoms. The van der Waals surface area contributed by atoms with Gasteiger partial charge in [-0.1, -0.05) is 55.4 Å². The standard InChI is InChI=1S/C23H26N6O2S/c1-14(2)19-24-21(31-27-19)15(3)32-23-25-20-18(17-12-8-5-9-13-28(17)23)22(30)29(26-20)16-10-6-4-7-11-16/h4,6-7,10-11,14-15H,5,8-9,12-13H2,1-3H3/t15-/m1/s1. The lowest BCUT2D eigenvalue weighted by Crippen LogP contribution is -2.19. The molecule has 166 valence electrons. The number of hydrogen-bond acceptors (Lipinski definition) is 7. The average molecular weight is 451 g/mol. The summed E-state index contributed by atoms with van der Waals surface area (Å²) in [6.45, 7) is 6.96. The Balaban J connectivity index is 1.60. The molecule has 3 aliphatic heterocycles. The summed E-state index contributed by atoms with van der Waals surface area (Å²) in [5.41, 5.74) is 2.31. The zero-order valence-corrected chi connectivity index (χ0v) is 19.3. The Morgan fingerprint density at radius 3 is 2.62 bits per heavy atom. The molecule has 0 radical (unpaired) electrons. The molecule has 1 atom stereocenters. The summed E-state index contributed by atoms with van der Waals surface area (Å²) in [7, 11) is 0. The summed E-state index contributed by atoms with van der Waals surface area (Å²) in [6, 6.07) is 9.51. The van der Waals surface area contributed by atoms with E-state index in [4.69, 9.17) is 9.51 Å². The van der Waals surface area contributed by atoms with Crippen LogP contribution in [0.2, 0.25) is 0 Å². The second kappa shape index (κ2) is 8.54. The van der Waals surface area contributed by atoms with E-state index in [1.165, 1.54) is 4.68 Å². The van der Waals surface area contributed by atoms with Gasteiger partial charge in [-0.25, -0.2) is 4.98 Å². The minimum atomic E-state index is -0.104. The number of nitrogens with zero attached hydrogens (tertiary/aromatic N) is 6. The third-order valence-corrected chi connectivity index (χ3v) is 6.85. The number of aromatic nitrogens is 6. The molecule has 2 aromatic rings. The Kier molecular flexibility index (Phi) is 5.58. The SMILES string of the molecule is CC(C)c1noc([C@@H](C)Sc2nc3nn(-c4ccccc4)c(=O)c-3c3n2CCCCC3)n1. The topological polar surface area (TPSA) is 91.6 Å². The van der Waals surface area contributed by atoms with E-state index < -0.39 is 0 Å². The molecule has 8 nitrogen and oxygen atoms in total. The lowest BCUT2D eigenvalue weighted by Gasteiger charge is -2.18. The van der Waals surface area contributed by atoms with E-state index in [1.807, 2.05) is 51.1 Å². The maximum Gasteiger partial charge on any atom is 0.284 e. The van der Waals surface area contributed by atoms with Crippen molar-refractivity contribution in [1.82, 2.24) is 29.5 Å². The van der Waals surface area contributed by atoms with E-state index in [1.54, 1.807) is 11.8 Å².